The molecular weight excluding hydrogens is 709 g/mol. The molecule has 3 aromatic heterocycles. The van der Waals surface area contributed by atoms with E-state index in [0.717, 1.165) is 83.4 Å². The van der Waals surface area contributed by atoms with Crippen LogP contribution >= 0.6 is 0 Å². The lowest BCUT2D eigenvalue weighted by Crippen LogP contribution is -2.10. The molecule has 0 fully saturated rings. The number of anilines is 3. The lowest BCUT2D eigenvalue weighted by molar-refractivity contribution is 0.645. The van der Waals surface area contributed by atoms with Gasteiger partial charge in [-0.3, -0.25) is 4.57 Å². The Morgan fingerprint density at radius 2 is 0.931 bits per heavy atom. The summed E-state index contributed by atoms with van der Waals surface area (Å²) in [7, 11) is 0. The quantitative estimate of drug-likeness (QED) is 0.170. The van der Waals surface area contributed by atoms with Gasteiger partial charge in [-0.2, -0.15) is 0 Å². The smallest absolute Gasteiger partial charge is 0.213 e. The van der Waals surface area contributed by atoms with E-state index in [2.05, 4.69) is 198 Å². The highest BCUT2D eigenvalue weighted by atomic mass is 16.3. The van der Waals surface area contributed by atoms with E-state index >= 15 is 0 Å². The van der Waals surface area contributed by atoms with E-state index in [1.807, 2.05) is 18.2 Å². The minimum atomic E-state index is 0.852. The lowest BCUT2D eigenvalue weighted by atomic mass is 9.97. The van der Waals surface area contributed by atoms with Crippen LogP contribution in [0.3, 0.4) is 0 Å². The van der Waals surface area contributed by atoms with Crippen molar-refractivity contribution < 1.29 is 8.83 Å². The SMILES string of the molecule is c1ccc(-n2c3ccccc3c3c4c(-c5ccc(N(c6ccc(-c7cccc8ccccc78)cc6)c6cccc7oc8ccccc8c67)cc5)cccc4oc32)cc1. The van der Waals surface area contributed by atoms with Gasteiger partial charge in [0.25, 0.3) is 0 Å². The molecule has 3 heterocycles. The number of hydrogen-bond donors (Lipinski definition) is 0. The van der Waals surface area contributed by atoms with Crippen LogP contribution in [0.4, 0.5) is 17.1 Å². The molecule has 4 heteroatoms. The Kier molecular flexibility index (Phi) is 7.20. The fourth-order valence-electron chi connectivity index (χ4n) is 9.03. The first-order valence-electron chi connectivity index (χ1n) is 19.7. The summed E-state index contributed by atoms with van der Waals surface area (Å²) in [4.78, 5) is 2.35. The Morgan fingerprint density at radius 3 is 1.72 bits per heavy atom. The normalized spacial score (nSPS) is 11.8. The van der Waals surface area contributed by atoms with Crippen molar-refractivity contribution in [3.8, 4) is 27.9 Å². The van der Waals surface area contributed by atoms with Gasteiger partial charge in [0, 0.05) is 33.2 Å². The van der Waals surface area contributed by atoms with Crippen molar-refractivity contribution in [2.24, 2.45) is 0 Å². The summed E-state index contributed by atoms with van der Waals surface area (Å²) in [5.41, 5.74) is 13.5. The molecule has 0 atom stereocenters. The summed E-state index contributed by atoms with van der Waals surface area (Å²) in [6.07, 6.45) is 0. The molecule has 0 saturated heterocycles. The molecule has 58 heavy (non-hydrogen) atoms. The van der Waals surface area contributed by atoms with E-state index in [1.165, 1.54) is 27.3 Å². The fraction of sp³-hybridized carbons (Fsp3) is 0. The summed E-state index contributed by atoms with van der Waals surface area (Å²) in [6, 6.07) is 73.1. The van der Waals surface area contributed by atoms with Crippen molar-refractivity contribution >= 4 is 82.7 Å². The highest BCUT2D eigenvalue weighted by molar-refractivity contribution is 6.23. The van der Waals surface area contributed by atoms with Crippen molar-refractivity contribution in [2.45, 2.75) is 0 Å². The molecule has 9 aromatic carbocycles. The van der Waals surface area contributed by atoms with Gasteiger partial charge in [0.2, 0.25) is 5.71 Å². The predicted octanol–water partition coefficient (Wildman–Crippen LogP) is 15.4. The van der Waals surface area contributed by atoms with Crippen LogP contribution in [0.2, 0.25) is 0 Å². The van der Waals surface area contributed by atoms with Crippen molar-refractivity contribution in [1.29, 1.82) is 0 Å². The number of aromatic nitrogens is 1. The summed E-state index contributed by atoms with van der Waals surface area (Å²) in [5, 5.41) is 8.07. The molecule has 0 N–H and O–H groups in total. The predicted molar refractivity (Wildman–Crippen MR) is 241 cm³/mol. The molecule has 4 nitrogen and oxygen atoms in total. The van der Waals surface area contributed by atoms with E-state index < -0.39 is 0 Å². The fourth-order valence-corrected chi connectivity index (χ4v) is 9.03. The molecule has 12 aromatic rings. The van der Waals surface area contributed by atoms with Gasteiger partial charge in [-0.05, 0) is 99.8 Å². The summed E-state index contributed by atoms with van der Waals surface area (Å²) in [5.74, 6) is 0. The van der Waals surface area contributed by atoms with E-state index in [0.29, 0.717) is 0 Å². The van der Waals surface area contributed by atoms with E-state index in [4.69, 9.17) is 8.83 Å². The standard InChI is InChI=1S/C54H34N2O2/c1-2-15-38(16-3-1)56-46-22-8-6-18-44(46)53-52-43(21-11-25-50(52)58-54(53)56)37-29-33-40(34-30-37)55(47-23-12-26-49-51(47)45-19-7-9-24-48(45)57-49)39-31-27-36(28-32-39)42-20-10-14-35-13-4-5-17-41(35)42/h1-34H. The van der Waals surface area contributed by atoms with Gasteiger partial charge in [-0.1, -0.05) is 140 Å². The van der Waals surface area contributed by atoms with Crippen molar-refractivity contribution in [1.82, 2.24) is 4.57 Å². The Bertz CT molecular complexity index is 3490. The molecule has 0 unspecified atom stereocenters. The molecule has 0 aliphatic heterocycles. The topological polar surface area (TPSA) is 34.5 Å². The molecule has 0 radical (unpaired) electrons. The number of fused-ring (bicyclic) bond motifs is 9. The maximum atomic E-state index is 6.74. The number of para-hydroxylation sites is 3. The van der Waals surface area contributed by atoms with Crippen LogP contribution in [0.15, 0.2) is 215 Å². The van der Waals surface area contributed by atoms with Crippen LogP contribution in [0.5, 0.6) is 0 Å². The highest BCUT2D eigenvalue weighted by Gasteiger charge is 2.23. The first-order chi connectivity index (χ1) is 28.8. The molecule has 0 aliphatic rings. The molecule has 0 bridgehead atoms. The molecule has 0 aliphatic carbocycles. The third kappa shape index (κ3) is 4.95. The van der Waals surface area contributed by atoms with Gasteiger partial charge in [0.15, 0.2) is 0 Å². The summed E-state index contributed by atoms with van der Waals surface area (Å²) >= 11 is 0. The second-order valence-electron chi connectivity index (χ2n) is 14.9. The van der Waals surface area contributed by atoms with Gasteiger partial charge in [-0.15, -0.1) is 0 Å². The van der Waals surface area contributed by atoms with Crippen LogP contribution in [0.1, 0.15) is 0 Å². The van der Waals surface area contributed by atoms with Gasteiger partial charge < -0.3 is 13.7 Å². The molecular formula is C54H34N2O2. The minimum Gasteiger partial charge on any atom is -0.456 e. The van der Waals surface area contributed by atoms with Crippen LogP contribution in [-0.2, 0) is 0 Å². The van der Waals surface area contributed by atoms with Gasteiger partial charge in [0.1, 0.15) is 16.7 Å². The zero-order chi connectivity index (χ0) is 38.2. The van der Waals surface area contributed by atoms with Gasteiger partial charge >= 0.3 is 0 Å². The average molecular weight is 743 g/mol. The second-order valence-corrected chi connectivity index (χ2v) is 14.9. The first kappa shape index (κ1) is 32.4. The van der Waals surface area contributed by atoms with Crippen molar-refractivity contribution in [3.05, 3.63) is 206 Å². The molecule has 272 valence electrons. The zero-order valence-corrected chi connectivity index (χ0v) is 31.3. The number of hydrogen-bond acceptors (Lipinski definition) is 3. The Balaban J connectivity index is 1.03. The van der Waals surface area contributed by atoms with E-state index in [9.17, 15) is 0 Å². The monoisotopic (exact) mass is 742 g/mol. The third-order valence-corrected chi connectivity index (χ3v) is 11.6. The minimum absolute atomic E-state index is 0.852. The Labute approximate surface area is 334 Å². The highest BCUT2D eigenvalue weighted by Crippen LogP contribution is 2.46. The number of furan rings is 2. The summed E-state index contributed by atoms with van der Waals surface area (Å²) < 4.78 is 15.4. The van der Waals surface area contributed by atoms with Crippen LogP contribution in [0, 0.1) is 0 Å². The van der Waals surface area contributed by atoms with Crippen LogP contribution in [0.25, 0.3) is 93.6 Å². The maximum absolute atomic E-state index is 6.74. The number of rotatable bonds is 6. The van der Waals surface area contributed by atoms with Crippen LogP contribution in [-0.4, -0.2) is 4.57 Å². The van der Waals surface area contributed by atoms with E-state index in [1.54, 1.807) is 0 Å². The molecule has 0 saturated carbocycles. The lowest BCUT2D eigenvalue weighted by Gasteiger charge is -2.26. The van der Waals surface area contributed by atoms with E-state index in [-0.39, 0.29) is 0 Å². The van der Waals surface area contributed by atoms with Crippen LogP contribution < -0.4 is 4.90 Å². The average Bonchev–Trinajstić information content (AvgIpc) is 3.96. The number of benzene rings is 9. The molecule has 0 spiro atoms. The van der Waals surface area contributed by atoms with Crippen molar-refractivity contribution in [2.75, 3.05) is 4.90 Å². The summed E-state index contributed by atoms with van der Waals surface area (Å²) in [6.45, 7) is 0. The van der Waals surface area contributed by atoms with Gasteiger partial charge in [-0.25, -0.2) is 0 Å². The first-order valence-corrected chi connectivity index (χ1v) is 19.7. The Hall–Kier alpha value is -7.82. The zero-order valence-electron chi connectivity index (χ0n) is 31.3. The number of nitrogens with zero attached hydrogens (tertiary/aromatic N) is 2. The van der Waals surface area contributed by atoms with Gasteiger partial charge in [0.05, 0.1) is 22.0 Å². The molecule has 0 amide bonds. The molecule has 12 rings (SSSR count). The van der Waals surface area contributed by atoms with Crippen molar-refractivity contribution in [3.63, 3.8) is 0 Å². The third-order valence-electron chi connectivity index (χ3n) is 11.6. The Morgan fingerprint density at radius 1 is 0.362 bits per heavy atom. The largest absolute Gasteiger partial charge is 0.456 e. The second kappa shape index (κ2) is 12.9. The maximum Gasteiger partial charge on any atom is 0.213 e.